The van der Waals surface area contributed by atoms with Crippen molar-refractivity contribution in [1.29, 1.82) is 0 Å². The minimum atomic E-state index is -3.61. The number of benzene rings is 1. The third kappa shape index (κ3) is 4.54. The van der Waals surface area contributed by atoms with Crippen molar-refractivity contribution in [3.05, 3.63) is 45.9 Å². The first-order valence-electron chi connectivity index (χ1n) is 8.51. The highest BCUT2D eigenvalue weighted by Gasteiger charge is 2.19. The highest BCUT2D eigenvalue weighted by atomic mass is 32.2. The number of nitrogens with zero attached hydrogens (tertiary/aromatic N) is 1. The maximum atomic E-state index is 12.4. The van der Waals surface area contributed by atoms with Crippen molar-refractivity contribution in [2.45, 2.75) is 56.4 Å². The van der Waals surface area contributed by atoms with Crippen molar-refractivity contribution >= 4 is 27.1 Å². The second-order valence-electron chi connectivity index (χ2n) is 6.41. The number of Topliss-reactive ketones (excluding diaryl/α,β-unsaturated/α-hetero) is 1. The van der Waals surface area contributed by atoms with Crippen molar-refractivity contribution in [2.75, 3.05) is 0 Å². The predicted octanol–water partition coefficient (Wildman–Crippen LogP) is 3.87. The third-order valence-corrected chi connectivity index (χ3v) is 6.86. The number of sulfonamides is 1. The van der Waals surface area contributed by atoms with Gasteiger partial charge < -0.3 is 0 Å². The van der Waals surface area contributed by atoms with E-state index in [0.29, 0.717) is 11.5 Å². The maximum Gasteiger partial charge on any atom is 0.240 e. The number of nitrogens with one attached hydrogen (secondary N) is 1. The fourth-order valence-corrected chi connectivity index (χ4v) is 5.00. The minimum absolute atomic E-state index is 0.0880. The van der Waals surface area contributed by atoms with Crippen molar-refractivity contribution in [3.63, 3.8) is 0 Å². The first kappa shape index (κ1) is 18.2. The van der Waals surface area contributed by atoms with Crippen LogP contribution in [0.4, 0.5) is 0 Å². The third-order valence-electron chi connectivity index (χ3n) is 4.58. The van der Waals surface area contributed by atoms with Gasteiger partial charge in [0, 0.05) is 16.9 Å². The largest absolute Gasteiger partial charge is 0.295 e. The van der Waals surface area contributed by atoms with Gasteiger partial charge in [-0.05, 0) is 31.9 Å². The number of thiazole rings is 1. The highest BCUT2D eigenvalue weighted by molar-refractivity contribution is 7.89. The molecule has 0 aliphatic heterocycles. The Labute approximate surface area is 152 Å². The van der Waals surface area contributed by atoms with Crippen LogP contribution in [0.3, 0.4) is 0 Å². The van der Waals surface area contributed by atoms with Crippen LogP contribution in [0.1, 0.15) is 66.0 Å². The molecule has 1 saturated carbocycles. The Morgan fingerprint density at radius 1 is 1.20 bits per heavy atom. The summed E-state index contributed by atoms with van der Waals surface area (Å²) in [4.78, 5) is 16.0. The Hall–Kier alpha value is -1.57. The molecule has 1 heterocycles. The van der Waals surface area contributed by atoms with E-state index in [1.807, 2.05) is 0 Å². The standard InChI is InChI=1S/C18H22N2O3S2/c1-13(21)14-7-9-16(10-8-14)25(22,23)19-11-18-20-17(12-24-18)15-5-3-2-4-6-15/h7-10,12,15,19H,2-6,11H2,1H3. The second-order valence-corrected chi connectivity index (χ2v) is 9.12. The zero-order valence-corrected chi connectivity index (χ0v) is 15.8. The zero-order chi connectivity index (χ0) is 17.9. The van der Waals surface area contributed by atoms with E-state index in [1.165, 1.54) is 74.6 Å². The van der Waals surface area contributed by atoms with E-state index >= 15 is 0 Å². The smallest absolute Gasteiger partial charge is 0.240 e. The van der Waals surface area contributed by atoms with E-state index in [4.69, 9.17) is 0 Å². The Kier molecular flexibility index (Phi) is 5.66. The van der Waals surface area contributed by atoms with Crippen LogP contribution in [-0.4, -0.2) is 19.2 Å². The molecule has 1 aromatic carbocycles. The minimum Gasteiger partial charge on any atom is -0.295 e. The number of ketones is 1. The molecular formula is C18H22N2O3S2. The lowest BCUT2D eigenvalue weighted by atomic mass is 9.87. The normalized spacial score (nSPS) is 16.0. The van der Waals surface area contributed by atoms with Crippen molar-refractivity contribution in [2.24, 2.45) is 0 Å². The van der Waals surface area contributed by atoms with Crippen LogP contribution in [0.15, 0.2) is 34.5 Å². The summed E-state index contributed by atoms with van der Waals surface area (Å²) in [5, 5.41) is 2.84. The van der Waals surface area contributed by atoms with Gasteiger partial charge in [-0.25, -0.2) is 18.1 Å². The van der Waals surface area contributed by atoms with E-state index in [2.05, 4.69) is 15.1 Å². The lowest BCUT2D eigenvalue weighted by molar-refractivity contribution is 0.101. The molecule has 0 spiro atoms. The van der Waals surface area contributed by atoms with Gasteiger partial charge in [0.1, 0.15) is 5.01 Å². The Bertz CT molecular complexity index is 835. The molecular weight excluding hydrogens is 356 g/mol. The lowest BCUT2D eigenvalue weighted by Gasteiger charge is -2.19. The number of carbonyl (C=O) groups is 1. The van der Waals surface area contributed by atoms with Crippen molar-refractivity contribution in [3.8, 4) is 0 Å². The Morgan fingerprint density at radius 3 is 2.52 bits per heavy atom. The molecule has 1 aliphatic carbocycles. The van der Waals surface area contributed by atoms with E-state index in [0.717, 1.165) is 10.7 Å². The Balaban J connectivity index is 1.64. The van der Waals surface area contributed by atoms with Crippen LogP contribution in [0.5, 0.6) is 0 Å². The molecule has 1 aliphatic rings. The number of aromatic nitrogens is 1. The van der Waals surface area contributed by atoms with Gasteiger partial charge in [0.05, 0.1) is 17.1 Å². The monoisotopic (exact) mass is 378 g/mol. The lowest BCUT2D eigenvalue weighted by Crippen LogP contribution is -2.23. The van der Waals surface area contributed by atoms with Crippen LogP contribution < -0.4 is 4.72 Å². The second kappa shape index (κ2) is 7.76. The molecule has 0 bridgehead atoms. The van der Waals surface area contributed by atoms with Crippen LogP contribution in [0.25, 0.3) is 0 Å². The molecule has 2 aromatic rings. The summed E-state index contributed by atoms with van der Waals surface area (Å²) in [7, 11) is -3.61. The molecule has 7 heteroatoms. The average Bonchev–Trinajstić information content (AvgIpc) is 3.10. The predicted molar refractivity (Wildman–Crippen MR) is 98.4 cm³/mol. The molecule has 1 N–H and O–H groups in total. The molecule has 0 atom stereocenters. The van der Waals surface area contributed by atoms with Crippen LogP contribution in [-0.2, 0) is 16.6 Å². The SMILES string of the molecule is CC(=O)c1ccc(S(=O)(=O)NCc2nc(C3CCCCC3)cs2)cc1. The summed E-state index contributed by atoms with van der Waals surface area (Å²) in [5.41, 5.74) is 1.60. The van der Waals surface area contributed by atoms with Gasteiger partial charge in [-0.3, -0.25) is 4.79 Å². The van der Waals surface area contributed by atoms with E-state index in [-0.39, 0.29) is 17.2 Å². The topological polar surface area (TPSA) is 76.1 Å². The Morgan fingerprint density at radius 2 is 1.88 bits per heavy atom. The number of hydrogen-bond donors (Lipinski definition) is 1. The molecule has 0 saturated heterocycles. The summed E-state index contributed by atoms with van der Waals surface area (Å²) in [5.74, 6) is 0.435. The molecule has 3 rings (SSSR count). The molecule has 134 valence electrons. The molecule has 1 fully saturated rings. The molecule has 1 aromatic heterocycles. The molecule has 0 radical (unpaired) electrons. The van der Waals surface area contributed by atoms with Crippen LogP contribution in [0, 0.1) is 0 Å². The summed E-state index contributed by atoms with van der Waals surface area (Å²) < 4.78 is 27.3. The number of rotatable bonds is 6. The number of hydrogen-bond acceptors (Lipinski definition) is 5. The summed E-state index contributed by atoms with van der Waals surface area (Å²) in [6, 6.07) is 5.96. The average molecular weight is 379 g/mol. The fourth-order valence-electron chi connectivity index (χ4n) is 3.10. The quantitative estimate of drug-likeness (QED) is 0.774. The van der Waals surface area contributed by atoms with E-state index in [1.54, 1.807) is 0 Å². The van der Waals surface area contributed by atoms with Crippen LogP contribution >= 0.6 is 11.3 Å². The highest BCUT2D eigenvalue weighted by Crippen LogP contribution is 2.33. The summed E-state index contributed by atoms with van der Waals surface area (Å²) in [6.45, 7) is 1.64. The van der Waals surface area contributed by atoms with Crippen LogP contribution in [0.2, 0.25) is 0 Å². The van der Waals surface area contributed by atoms with Gasteiger partial charge in [-0.15, -0.1) is 11.3 Å². The van der Waals surface area contributed by atoms with Gasteiger partial charge in [0.2, 0.25) is 10.0 Å². The van der Waals surface area contributed by atoms with Gasteiger partial charge in [0.25, 0.3) is 0 Å². The fraction of sp³-hybridized carbons (Fsp3) is 0.444. The summed E-state index contributed by atoms with van der Waals surface area (Å²) >= 11 is 1.50. The first-order valence-corrected chi connectivity index (χ1v) is 10.9. The van der Waals surface area contributed by atoms with Crippen molar-refractivity contribution in [1.82, 2.24) is 9.71 Å². The molecule has 0 amide bonds. The van der Waals surface area contributed by atoms with E-state index in [9.17, 15) is 13.2 Å². The first-order chi connectivity index (χ1) is 12.0. The summed E-state index contributed by atoms with van der Waals surface area (Å²) in [6.07, 6.45) is 6.16. The molecule has 25 heavy (non-hydrogen) atoms. The van der Waals surface area contributed by atoms with Gasteiger partial charge in [-0.2, -0.15) is 0 Å². The van der Waals surface area contributed by atoms with Crippen molar-refractivity contribution < 1.29 is 13.2 Å². The molecule has 5 nitrogen and oxygen atoms in total. The van der Waals surface area contributed by atoms with Gasteiger partial charge in [0.15, 0.2) is 5.78 Å². The van der Waals surface area contributed by atoms with E-state index < -0.39 is 10.0 Å². The maximum absolute atomic E-state index is 12.4. The van der Waals surface area contributed by atoms with Gasteiger partial charge >= 0.3 is 0 Å². The van der Waals surface area contributed by atoms with Gasteiger partial charge in [-0.1, -0.05) is 31.4 Å². The molecule has 0 unspecified atom stereocenters. The zero-order valence-electron chi connectivity index (χ0n) is 14.2. The number of carbonyl (C=O) groups excluding carboxylic acids is 1.